The quantitative estimate of drug-likeness (QED) is 0.670. The summed E-state index contributed by atoms with van der Waals surface area (Å²) in [7, 11) is 1.54. The van der Waals surface area contributed by atoms with E-state index >= 15 is 0 Å². The highest BCUT2D eigenvalue weighted by Gasteiger charge is 2.10. The first-order valence-corrected chi connectivity index (χ1v) is 8.34. The number of halogens is 2. The molecule has 2 N–H and O–H groups in total. The van der Waals surface area contributed by atoms with Gasteiger partial charge in [0, 0.05) is 10.7 Å². The molecule has 0 saturated carbocycles. The average Bonchev–Trinajstić information content (AvgIpc) is 3.14. The number of hydrogen-bond donors (Lipinski definition) is 2. The lowest BCUT2D eigenvalue weighted by Crippen LogP contribution is -2.22. The van der Waals surface area contributed by atoms with Crippen LogP contribution in [0, 0.1) is 0 Å². The maximum Gasteiger partial charge on any atom is 0.243 e. The Hall–Kier alpha value is -2.77. The van der Waals surface area contributed by atoms with E-state index in [-0.39, 0.29) is 12.5 Å². The number of benzene rings is 2. The predicted octanol–water partition coefficient (Wildman–Crippen LogP) is 3.63. The molecular formula is C17H15Cl2N5O2. The first-order chi connectivity index (χ1) is 12.6. The van der Waals surface area contributed by atoms with Crippen molar-refractivity contribution in [3.63, 3.8) is 0 Å². The second-order valence-corrected chi connectivity index (χ2v) is 6.10. The summed E-state index contributed by atoms with van der Waals surface area (Å²) in [6, 6.07) is 10.3. The third-order valence-electron chi connectivity index (χ3n) is 3.50. The molecule has 2 aromatic carbocycles. The molecule has 3 rings (SSSR count). The minimum Gasteiger partial charge on any atom is -0.495 e. The number of nitrogens with one attached hydrogen (secondary N) is 2. The summed E-state index contributed by atoms with van der Waals surface area (Å²) in [5.41, 5.74) is 1.89. The molecule has 1 aromatic heterocycles. The highest BCUT2D eigenvalue weighted by atomic mass is 35.5. The number of methoxy groups -OCH3 is 1. The summed E-state index contributed by atoms with van der Waals surface area (Å²) in [6.07, 6.45) is 2.95. The molecule has 26 heavy (non-hydrogen) atoms. The van der Waals surface area contributed by atoms with Crippen LogP contribution >= 0.6 is 23.2 Å². The predicted molar refractivity (Wildman–Crippen MR) is 101 cm³/mol. The molecule has 0 aliphatic carbocycles. The number of carbonyl (C=O) groups is 1. The molecular weight excluding hydrogens is 377 g/mol. The van der Waals surface area contributed by atoms with E-state index in [1.165, 1.54) is 12.7 Å². The second-order valence-electron chi connectivity index (χ2n) is 5.25. The van der Waals surface area contributed by atoms with Gasteiger partial charge in [-0.05, 0) is 36.4 Å². The number of carbonyl (C=O) groups excluding carboxylic acids is 1. The molecule has 0 aliphatic heterocycles. The van der Waals surface area contributed by atoms with E-state index in [4.69, 9.17) is 27.9 Å². The van der Waals surface area contributed by atoms with Crippen molar-refractivity contribution in [3.8, 4) is 11.4 Å². The lowest BCUT2D eigenvalue weighted by atomic mass is 10.2. The SMILES string of the molecule is COc1ccc(NCC(=O)Nc2cc(Cl)ccc2-n2cncn2)cc1Cl. The van der Waals surface area contributed by atoms with Crippen molar-refractivity contribution in [2.45, 2.75) is 0 Å². The van der Waals surface area contributed by atoms with Gasteiger partial charge in [0.1, 0.15) is 18.4 Å². The van der Waals surface area contributed by atoms with Crippen molar-refractivity contribution in [1.82, 2.24) is 14.8 Å². The lowest BCUT2D eigenvalue weighted by Gasteiger charge is -2.12. The summed E-state index contributed by atoms with van der Waals surface area (Å²) in [6.45, 7) is 0.0476. The van der Waals surface area contributed by atoms with Gasteiger partial charge in [0.2, 0.25) is 5.91 Å². The van der Waals surface area contributed by atoms with Crippen molar-refractivity contribution >= 4 is 40.5 Å². The zero-order chi connectivity index (χ0) is 18.5. The monoisotopic (exact) mass is 391 g/mol. The normalized spacial score (nSPS) is 10.4. The van der Waals surface area contributed by atoms with Crippen LogP contribution < -0.4 is 15.4 Å². The minimum atomic E-state index is -0.249. The fraction of sp³-hybridized carbons (Fsp3) is 0.118. The average molecular weight is 392 g/mol. The van der Waals surface area contributed by atoms with E-state index in [0.29, 0.717) is 32.9 Å². The Bertz CT molecular complexity index is 916. The molecule has 9 heteroatoms. The number of hydrogen-bond acceptors (Lipinski definition) is 5. The number of ether oxygens (including phenoxy) is 1. The van der Waals surface area contributed by atoms with Gasteiger partial charge in [-0.2, -0.15) is 5.10 Å². The van der Waals surface area contributed by atoms with Crippen LogP contribution in [0.15, 0.2) is 49.1 Å². The van der Waals surface area contributed by atoms with E-state index < -0.39 is 0 Å². The smallest absolute Gasteiger partial charge is 0.243 e. The van der Waals surface area contributed by atoms with Gasteiger partial charge >= 0.3 is 0 Å². The van der Waals surface area contributed by atoms with Crippen LogP contribution in [-0.2, 0) is 4.79 Å². The van der Waals surface area contributed by atoms with Crippen LogP contribution in [-0.4, -0.2) is 34.3 Å². The fourth-order valence-corrected chi connectivity index (χ4v) is 2.72. The topological polar surface area (TPSA) is 81.1 Å². The molecule has 0 radical (unpaired) electrons. The van der Waals surface area contributed by atoms with Crippen molar-refractivity contribution in [3.05, 3.63) is 59.1 Å². The van der Waals surface area contributed by atoms with Crippen LogP contribution in [0.5, 0.6) is 5.75 Å². The highest BCUT2D eigenvalue weighted by Crippen LogP contribution is 2.27. The van der Waals surface area contributed by atoms with E-state index in [1.807, 2.05) is 0 Å². The van der Waals surface area contributed by atoms with Gasteiger partial charge in [0.15, 0.2) is 0 Å². The fourth-order valence-electron chi connectivity index (χ4n) is 2.29. The first kappa shape index (κ1) is 18.0. The molecule has 0 bridgehead atoms. The number of amides is 1. The number of aromatic nitrogens is 3. The van der Waals surface area contributed by atoms with Gasteiger partial charge in [-0.15, -0.1) is 0 Å². The Labute approximate surface area is 159 Å². The van der Waals surface area contributed by atoms with Crippen LogP contribution in [0.25, 0.3) is 5.69 Å². The Balaban J connectivity index is 1.69. The van der Waals surface area contributed by atoms with Gasteiger partial charge < -0.3 is 15.4 Å². The lowest BCUT2D eigenvalue weighted by molar-refractivity contribution is -0.114. The van der Waals surface area contributed by atoms with Crippen LogP contribution in [0.2, 0.25) is 10.0 Å². The summed E-state index contributed by atoms with van der Waals surface area (Å²) in [5.74, 6) is 0.318. The molecule has 0 unspecified atom stereocenters. The van der Waals surface area contributed by atoms with Crippen LogP contribution in [0.3, 0.4) is 0 Å². The number of rotatable bonds is 6. The number of anilines is 2. The Morgan fingerprint density at radius 2 is 2.08 bits per heavy atom. The molecule has 0 fully saturated rings. The number of nitrogens with zero attached hydrogens (tertiary/aromatic N) is 3. The third kappa shape index (κ3) is 4.25. The first-order valence-electron chi connectivity index (χ1n) is 7.58. The van der Waals surface area contributed by atoms with E-state index in [2.05, 4.69) is 20.7 Å². The highest BCUT2D eigenvalue weighted by molar-refractivity contribution is 6.32. The van der Waals surface area contributed by atoms with Crippen LogP contribution in [0.4, 0.5) is 11.4 Å². The van der Waals surface area contributed by atoms with E-state index in [9.17, 15) is 4.79 Å². The summed E-state index contributed by atoms with van der Waals surface area (Å²) in [4.78, 5) is 16.2. The van der Waals surface area contributed by atoms with Crippen molar-refractivity contribution in [2.75, 3.05) is 24.3 Å². The van der Waals surface area contributed by atoms with E-state index in [1.54, 1.807) is 48.2 Å². The summed E-state index contributed by atoms with van der Waals surface area (Å²) < 4.78 is 6.64. The maximum atomic E-state index is 12.3. The van der Waals surface area contributed by atoms with Crippen molar-refractivity contribution in [1.29, 1.82) is 0 Å². The zero-order valence-corrected chi connectivity index (χ0v) is 15.3. The van der Waals surface area contributed by atoms with Crippen LogP contribution in [0.1, 0.15) is 0 Å². The standard InChI is InChI=1S/C17H15Cl2N5O2/c1-26-16-5-3-12(7-13(16)19)21-8-17(25)23-14-6-11(18)2-4-15(14)24-10-20-9-22-24/h2-7,9-10,21H,8H2,1H3,(H,23,25). The Morgan fingerprint density at radius 3 is 2.77 bits per heavy atom. The second kappa shape index (κ2) is 8.07. The molecule has 3 aromatic rings. The van der Waals surface area contributed by atoms with Gasteiger partial charge in [0.25, 0.3) is 0 Å². The van der Waals surface area contributed by atoms with E-state index in [0.717, 1.165) is 0 Å². The van der Waals surface area contributed by atoms with Gasteiger partial charge in [-0.25, -0.2) is 9.67 Å². The molecule has 1 heterocycles. The largest absolute Gasteiger partial charge is 0.495 e. The summed E-state index contributed by atoms with van der Waals surface area (Å²) >= 11 is 12.1. The molecule has 0 aliphatic rings. The summed E-state index contributed by atoms with van der Waals surface area (Å²) in [5, 5.41) is 10.9. The molecule has 0 saturated heterocycles. The molecule has 134 valence electrons. The van der Waals surface area contributed by atoms with Gasteiger partial charge in [-0.1, -0.05) is 23.2 Å². The maximum absolute atomic E-state index is 12.3. The van der Waals surface area contributed by atoms with Crippen molar-refractivity contribution < 1.29 is 9.53 Å². The Morgan fingerprint density at radius 1 is 1.23 bits per heavy atom. The minimum absolute atomic E-state index is 0.0476. The van der Waals surface area contributed by atoms with Crippen molar-refractivity contribution in [2.24, 2.45) is 0 Å². The third-order valence-corrected chi connectivity index (χ3v) is 4.03. The zero-order valence-electron chi connectivity index (χ0n) is 13.7. The molecule has 1 amide bonds. The molecule has 7 nitrogen and oxygen atoms in total. The van der Waals surface area contributed by atoms with Gasteiger partial charge in [-0.3, -0.25) is 4.79 Å². The molecule has 0 spiro atoms. The van der Waals surface area contributed by atoms with Gasteiger partial charge in [0.05, 0.1) is 30.1 Å². The Kier molecular flexibility index (Phi) is 5.60. The molecule has 0 atom stereocenters.